The Labute approximate surface area is 71.7 Å². The molecule has 0 aromatic heterocycles. The van der Waals surface area contributed by atoms with E-state index < -0.39 is 0 Å². The van der Waals surface area contributed by atoms with Gasteiger partial charge in [0.15, 0.2) is 0 Å². The van der Waals surface area contributed by atoms with Crippen molar-refractivity contribution in [3.63, 3.8) is 0 Å². The third-order valence-corrected chi connectivity index (χ3v) is 2.53. The van der Waals surface area contributed by atoms with E-state index in [9.17, 15) is 0 Å². The summed E-state index contributed by atoms with van der Waals surface area (Å²) < 4.78 is 0. The molecule has 0 heterocycles. The third kappa shape index (κ3) is 3.60. The zero-order valence-corrected chi connectivity index (χ0v) is 8.43. The molecule has 1 unspecified atom stereocenters. The lowest BCUT2D eigenvalue weighted by molar-refractivity contribution is 0.290. The molecule has 0 saturated heterocycles. The van der Waals surface area contributed by atoms with Crippen LogP contribution in [0.1, 0.15) is 40.5 Å². The molecule has 2 atom stereocenters. The maximum atomic E-state index is 3.85. The first-order chi connectivity index (χ1) is 5.13. The molecule has 11 heavy (non-hydrogen) atoms. The van der Waals surface area contributed by atoms with E-state index in [4.69, 9.17) is 0 Å². The molecule has 0 saturated carbocycles. The largest absolute Gasteiger partial charge is 0.103 e. The molecular formula is C11H22. The molecule has 0 nitrogen and oxygen atoms in total. The van der Waals surface area contributed by atoms with Crippen molar-refractivity contribution in [2.45, 2.75) is 40.5 Å². The van der Waals surface area contributed by atoms with Gasteiger partial charge in [0.2, 0.25) is 0 Å². The van der Waals surface area contributed by atoms with Gasteiger partial charge in [-0.15, -0.1) is 6.58 Å². The Hall–Kier alpha value is -0.260. The molecule has 0 N–H and O–H groups in total. The summed E-state index contributed by atoms with van der Waals surface area (Å²) in [6.45, 7) is 13.0. The van der Waals surface area contributed by atoms with Crippen molar-refractivity contribution in [1.82, 2.24) is 0 Å². The second-order valence-corrected chi connectivity index (χ2v) is 3.79. The van der Waals surface area contributed by atoms with Crippen molar-refractivity contribution in [1.29, 1.82) is 0 Å². The summed E-state index contributed by atoms with van der Waals surface area (Å²) in [7, 11) is 0. The second-order valence-electron chi connectivity index (χ2n) is 3.79. The Balaban J connectivity index is 3.97. The lowest BCUT2D eigenvalue weighted by Crippen LogP contribution is -2.15. The minimum atomic E-state index is 0.676. The van der Waals surface area contributed by atoms with Crippen molar-refractivity contribution in [2.24, 2.45) is 17.8 Å². The highest BCUT2D eigenvalue weighted by molar-refractivity contribution is 4.82. The van der Waals surface area contributed by atoms with E-state index in [1.54, 1.807) is 0 Å². The molecule has 66 valence electrons. The highest BCUT2D eigenvalue weighted by Crippen LogP contribution is 2.25. The standard InChI is InChI=1S/C11H22/c1-6-8-11(9(3)4)10(5)7-2/h7,9-11H,2,6,8H2,1,3-5H3/t10?,11-/m1/s1. The predicted octanol–water partition coefficient (Wildman–Crippen LogP) is 3.88. The van der Waals surface area contributed by atoms with E-state index in [1.165, 1.54) is 12.8 Å². The third-order valence-electron chi connectivity index (χ3n) is 2.53. The lowest BCUT2D eigenvalue weighted by Gasteiger charge is -2.24. The number of hydrogen-bond acceptors (Lipinski definition) is 0. The van der Waals surface area contributed by atoms with Crippen LogP contribution in [0.3, 0.4) is 0 Å². The minimum absolute atomic E-state index is 0.676. The molecule has 0 aliphatic rings. The average molecular weight is 154 g/mol. The minimum Gasteiger partial charge on any atom is -0.103 e. The fourth-order valence-corrected chi connectivity index (χ4v) is 1.71. The van der Waals surface area contributed by atoms with Gasteiger partial charge in [0.05, 0.1) is 0 Å². The van der Waals surface area contributed by atoms with E-state index in [0.29, 0.717) is 5.92 Å². The van der Waals surface area contributed by atoms with Crippen LogP contribution in [-0.4, -0.2) is 0 Å². The van der Waals surface area contributed by atoms with E-state index in [-0.39, 0.29) is 0 Å². The van der Waals surface area contributed by atoms with Gasteiger partial charge in [0.25, 0.3) is 0 Å². The second kappa shape index (κ2) is 5.40. The van der Waals surface area contributed by atoms with Crippen molar-refractivity contribution >= 4 is 0 Å². The summed E-state index contributed by atoms with van der Waals surface area (Å²) in [5.74, 6) is 2.30. The summed E-state index contributed by atoms with van der Waals surface area (Å²) in [4.78, 5) is 0. The van der Waals surface area contributed by atoms with Gasteiger partial charge in [0.1, 0.15) is 0 Å². The Morgan fingerprint density at radius 1 is 1.27 bits per heavy atom. The summed E-state index contributed by atoms with van der Waals surface area (Å²) in [6.07, 6.45) is 4.71. The highest BCUT2D eigenvalue weighted by atomic mass is 14.2. The van der Waals surface area contributed by atoms with Gasteiger partial charge in [-0.05, 0) is 24.2 Å². The van der Waals surface area contributed by atoms with Crippen LogP contribution in [0, 0.1) is 17.8 Å². The molecule has 0 rings (SSSR count). The van der Waals surface area contributed by atoms with E-state index in [0.717, 1.165) is 11.8 Å². The maximum Gasteiger partial charge on any atom is -0.0234 e. The molecule has 0 aliphatic heterocycles. The van der Waals surface area contributed by atoms with Crippen LogP contribution in [0.5, 0.6) is 0 Å². The first kappa shape index (κ1) is 10.7. The van der Waals surface area contributed by atoms with E-state index >= 15 is 0 Å². The number of hydrogen-bond donors (Lipinski definition) is 0. The molecule has 0 aromatic carbocycles. The fourth-order valence-electron chi connectivity index (χ4n) is 1.71. The van der Waals surface area contributed by atoms with Gasteiger partial charge in [-0.1, -0.05) is 40.2 Å². The van der Waals surface area contributed by atoms with Crippen molar-refractivity contribution < 1.29 is 0 Å². The zero-order chi connectivity index (χ0) is 8.85. The SMILES string of the molecule is C=CC(C)[C@H](CCC)C(C)C. The zero-order valence-electron chi connectivity index (χ0n) is 8.43. The quantitative estimate of drug-likeness (QED) is 0.527. The normalized spacial score (nSPS) is 16.5. The highest BCUT2D eigenvalue weighted by Gasteiger charge is 2.16. The van der Waals surface area contributed by atoms with Crippen molar-refractivity contribution in [2.75, 3.05) is 0 Å². The van der Waals surface area contributed by atoms with Crippen LogP contribution >= 0.6 is 0 Å². The molecule has 0 heteroatoms. The molecule has 0 fully saturated rings. The first-order valence-electron chi connectivity index (χ1n) is 4.76. The number of allylic oxidation sites excluding steroid dienone is 1. The van der Waals surface area contributed by atoms with Crippen LogP contribution in [-0.2, 0) is 0 Å². The Morgan fingerprint density at radius 2 is 1.82 bits per heavy atom. The van der Waals surface area contributed by atoms with Crippen molar-refractivity contribution in [3.8, 4) is 0 Å². The lowest BCUT2D eigenvalue weighted by atomic mass is 9.81. The summed E-state index contributed by atoms with van der Waals surface area (Å²) in [5.41, 5.74) is 0. The van der Waals surface area contributed by atoms with Gasteiger partial charge in [0, 0.05) is 0 Å². The summed E-state index contributed by atoms with van der Waals surface area (Å²) in [6, 6.07) is 0. The monoisotopic (exact) mass is 154 g/mol. The smallest absolute Gasteiger partial charge is 0.0234 e. The molecule has 0 aliphatic carbocycles. The van der Waals surface area contributed by atoms with Gasteiger partial charge in [-0.3, -0.25) is 0 Å². The fraction of sp³-hybridized carbons (Fsp3) is 0.818. The van der Waals surface area contributed by atoms with Crippen LogP contribution in [0.25, 0.3) is 0 Å². The molecule has 0 spiro atoms. The van der Waals surface area contributed by atoms with Crippen LogP contribution in [0.2, 0.25) is 0 Å². The topological polar surface area (TPSA) is 0 Å². The van der Waals surface area contributed by atoms with E-state index in [2.05, 4.69) is 40.3 Å². The summed E-state index contributed by atoms with van der Waals surface area (Å²) in [5, 5.41) is 0. The number of rotatable bonds is 5. The molecular weight excluding hydrogens is 132 g/mol. The van der Waals surface area contributed by atoms with Crippen molar-refractivity contribution in [3.05, 3.63) is 12.7 Å². The Morgan fingerprint density at radius 3 is 2.09 bits per heavy atom. The Bertz CT molecular complexity index is 103. The predicted molar refractivity (Wildman–Crippen MR) is 52.6 cm³/mol. The molecule has 0 aromatic rings. The average Bonchev–Trinajstić information content (AvgIpc) is 1.98. The van der Waals surface area contributed by atoms with Crippen LogP contribution < -0.4 is 0 Å². The van der Waals surface area contributed by atoms with Gasteiger partial charge in [-0.2, -0.15) is 0 Å². The summed E-state index contributed by atoms with van der Waals surface area (Å²) >= 11 is 0. The maximum absolute atomic E-state index is 3.85. The first-order valence-corrected chi connectivity index (χ1v) is 4.76. The van der Waals surface area contributed by atoms with Crippen LogP contribution in [0.4, 0.5) is 0 Å². The Kier molecular flexibility index (Phi) is 5.27. The van der Waals surface area contributed by atoms with Crippen LogP contribution in [0.15, 0.2) is 12.7 Å². The molecule has 0 amide bonds. The van der Waals surface area contributed by atoms with Gasteiger partial charge >= 0.3 is 0 Å². The van der Waals surface area contributed by atoms with E-state index in [1.807, 2.05) is 0 Å². The molecule has 0 bridgehead atoms. The van der Waals surface area contributed by atoms with Gasteiger partial charge < -0.3 is 0 Å². The molecule has 0 radical (unpaired) electrons. The van der Waals surface area contributed by atoms with Gasteiger partial charge in [-0.25, -0.2) is 0 Å².